The molecule has 4 aliphatic rings. The van der Waals surface area contributed by atoms with Gasteiger partial charge in [0.15, 0.2) is 12.1 Å². The summed E-state index contributed by atoms with van der Waals surface area (Å²) in [5, 5.41) is 113. The lowest BCUT2D eigenvalue weighted by atomic mass is 9.81. The smallest absolute Gasteiger partial charge is 0.308 e. The molecule has 0 unspecified atom stereocenters. The van der Waals surface area contributed by atoms with Crippen LogP contribution in [0, 0.1) is 17.8 Å². The fraction of sp³-hybridized carbons (Fsp3) is 0.698. The van der Waals surface area contributed by atoms with Crippen LogP contribution in [0.1, 0.15) is 111 Å². The summed E-state index contributed by atoms with van der Waals surface area (Å²) in [6.07, 6.45) is 9.70. The molecule has 0 radical (unpaired) electrons. The van der Waals surface area contributed by atoms with Gasteiger partial charge in [0.05, 0.1) is 85.5 Å². The van der Waals surface area contributed by atoms with Crippen molar-refractivity contribution in [3.8, 4) is 0 Å². The number of esters is 1. The maximum atomic E-state index is 14.1. The first-order valence-electron chi connectivity index (χ1n) is 25.4. The third kappa shape index (κ3) is 20.1. The maximum Gasteiger partial charge on any atom is 0.308 e. The van der Waals surface area contributed by atoms with Crippen LogP contribution in [0.3, 0.4) is 0 Å². The molecule has 1 saturated carbocycles. The molecule has 1 aliphatic carbocycles. The van der Waals surface area contributed by atoms with Gasteiger partial charge in [0.1, 0.15) is 12.2 Å². The third-order valence-corrected chi connectivity index (χ3v) is 14.0. The van der Waals surface area contributed by atoms with Gasteiger partial charge >= 0.3 is 5.97 Å². The molecule has 4 rings (SSSR count). The summed E-state index contributed by atoms with van der Waals surface area (Å²) in [4.78, 5) is 26.8. The van der Waals surface area contributed by atoms with Gasteiger partial charge in [0.25, 0.3) is 0 Å². The number of aliphatic hydroxyl groups is 10. The van der Waals surface area contributed by atoms with E-state index >= 15 is 0 Å². The topological polar surface area (TPSA) is 311 Å². The molecule has 402 valence electrons. The van der Waals surface area contributed by atoms with Gasteiger partial charge in [0, 0.05) is 43.6 Å². The number of aliphatic hydroxyl groups excluding tert-OH is 9. The number of allylic oxidation sites excluding steroid dienone is 12. The van der Waals surface area contributed by atoms with Crippen molar-refractivity contribution in [3.63, 3.8) is 0 Å². The standard InChI is InChI=1S/C53H84N2O16/c1-32-20-16-13-11-9-7-5-6-8-10-12-14-19-23-40(70-52-50(65)47(54)49(64)35(4)69-52)29-44-46(51(66)55-36-21-17-15-18-22-36)43(61)31-53(67,71-44)30-39(58)27-42(60)41(59)25-24-37(56)26-38(57)28-45(62)68-34(3)33(2)48(32)63/h5-14,16,19-20,23,32-44,46-50,52,56-61,63-65,67H,15,17-18,21-22,24-31,54H2,1-4H3,(H,55,66)/b6-5+,9-7+,10-8+,13-11+,14-12+,20-16+,23-19+/t32-,33-,34-,35+,37+,38+,39-,40-,41+,42+,43-,44-,46+,47-,48+,49+,50-,52-,53+/m0/s1. The second kappa shape index (κ2) is 30.1. The zero-order chi connectivity index (χ0) is 52.3. The van der Waals surface area contributed by atoms with Gasteiger partial charge in [-0.1, -0.05) is 118 Å². The van der Waals surface area contributed by atoms with Crippen molar-refractivity contribution in [2.24, 2.45) is 23.5 Å². The van der Waals surface area contributed by atoms with E-state index in [2.05, 4.69) is 5.32 Å². The molecule has 2 saturated heterocycles. The molecule has 3 heterocycles. The molecule has 71 heavy (non-hydrogen) atoms. The van der Waals surface area contributed by atoms with Crippen LogP contribution in [0.4, 0.5) is 0 Å². The predicted octanol–water partition coefficient (Wildman–Crippen LogP) is 2.08. The van der Waals surface area contributed by atoms with E-state index < -0.39 is 147 Å². The second-order valence-electron chi connectivity index (χ2n) is 20.1. The number of rotatable bonds is 4. The number of nitrogens with one attached hydrogen (secondary N) is 1. The Kier molecular flexibility index (Phi) is 25.5. The van der Waals surface area contributed by atoms with Crippen molar-refractivity contribution in [3.05, 3.63) is 85.1 Å². The number of cyclic esters (lactones) is 1. The van der Waals surface area contributed by atoms with E-state index in [0.717, 1.165) is 32.1 Å². The Morgan fingerprint density at radius 2 is 1.24 bits per heavy atom. The minimum absolute atomic E-state index is 0.0856. The minimum atomic E-state index is -2.25. The number of hydrogen-bond donors (Lipinski definition) is 12. The predicted molar refractivity (Wildman–Crippen MR) is 264 cm³/mol. The van der Waals surface area contributed by atoms with Crippen LogP contribution in [0.25, 0.3) is 0 Å². The Hall–Kier alpha value is -3.44. The molecule has 13 N–H and O–H groups in total. The average Bonchev–Trinajstić information content (AvgIpc) is 3.30. The first-order chi connectivity index (χ1) is 33.7. The lowest BCUT2D eigenvalue weighted by molar-refractivity contribution is -0.307. The molecular weight excluding hydrogens is 921 g/mol. The first kappa shape index (κ1) is 60.1. The van der Waals surface area contributed by atoms with Crippen molar-refractivity contribution >= 4 is 11.9 Å². The summed E-state index contributed by atoms with van der Waals surface area (Å²) in [7, 11) is 0. The van der Waals surface area contributed by atoms with E-state index in [1.165, 1.54) is 0 Å². The maximum absolute atomic E-state index is 14.1. The van der Waals surface area contributed by atoms with E-state index in [4.69, 9.17) is 24.7 Å². The highest BCUT2D eigenvalue weighted by Gasteiger charge is 2.51. The van der Waals surface area contributed by atoms with Gasteiger partial charge < -0.3 is 81.1 Å². The van der Waals surface area contributed by atoms with Gasteiger partial charge in [-0.15, -0.1) is 0 Å². The van der Waals surface area contributed by atoms with Crippen LogP contribution in [0.15, 0.2) is 85.1 Å². The molecule has 3 fully saturated rings. The van der Waals surface area contributed by atoms with Gasteiger partial charge in [-0.25, -0.2) is 0 Å². The minimum Gasteiger partial charge on any atom is -0.462 e. The first-order valence-corrected chi connectivity index (χ1v) is 25.4. The lowest BCUT2D eigenvalue weighted by Gasteiger charge is -2.46. The normalized spacial score (nSPS) is 44.2. The number of carbonyl (C=O) groups is 2. The highest BCUT2D eigenvalue weighted by atomic mass is 16.7. The van der Waals surface area contributed by atoms with Gasteiger partial charge in [0.2, 0.25) is 5.91 Å². The fourth-order valence-corrected chi connectivity index (χ4v) is 9.53. The average molecular weight is 1010 g/mol. The number of hydrogen-bond acceptors (Lipinski definition) is 17. The summed E-state index contributed by atoms with van der Waals surface area (Å²) in [5.74, 6) is -5.41. The van der Waals surface area contributed by atoms with Gasteiger partial charge in [-0.3, -0.25) is 9.59 Å². The van der Waals surface area contributed by atoms with E-state index in [0.29, 0.717) is 0 Å². The number of fused-ring (bicyclic) bond motifs is 2. The van der Waals surface area contributed by atoms with E-state index in [-0.39, 0.29) is 37.6 Å². The third-order valence-electron chi connectivity index (χ3n) is 14.0. The second-order valence-corrected chi connectivity index (χ2v) is 20.1. The summed E-state index contributed by atoms with van der Waals surface area (Å²) in [6, 6.07) is -1.25. The summed E-state index contributed by atoms with van der Waals surface area (Å²) >= 11 is 0. The van der Waals surface area contributed by atoms with E-state index in [1.807, 2.05) is 55.5 Å². The Morgan fingerprint density at radius 3 is 1.86 bits per heavy atom. The molecule has 0 aromatic heterocycles. The van der Waals surface area contributed by atoms with Gasteiger partial charge in [-0.05, 0) is 46.0 Å². The van der Waals surface area contributed by atoms with Crippen LogP contribution in [-0.4, -0.2) is 166 Å². The van der Waals surface area contributed by atoms with Crippen LogP contribution in [-0.2, 0) is 28.5 Å². The molecule has 18 heteroatoms. The van der Waals surface area contributed by atoms with Crippen molar-refractivity contribution in [1.82, 2.24) is 5.32 Å². The van der Waals surface area contributed by atoms with E-state index in [9.17, 15) is 60.7 Å². The van der Waals surface area contributed by atoms with Gasteiger partial charge in [-0.2, -0.15) is 0 Å². The summed E-state index contributed by atoms with van der Waals surface area (Å²) in [5.41, 5.74) is 6.13. The molecule has 1 amide bonds. The molecule has 0 spiro atoms. The Bertz CT molecular complexity index is 1820. The Labute approximate surface area is 418 Å². The molecule has 18 nitrogen and oxygen atoms in total. The quantitative estimate of drug-likeness (QED) is 0.180. The Balaban J connectivity index is 1.60. The van der Waals surface area contributed by atoms with Crippen molar-refractivity contribution in [2.75, 3.05) is 0 Å². The molecule has 3 aliphatic heterocycles. The van der Waals surface area contributed by atoms with Crippen molar-refractivity contribution in [1.29, 1.82) is 0 Å². The van der Waals surface area contributed by atoms with Crippen LogP contribution in [0.2, 0.25) is 0 Å². The fourth-order valence-electron chi connectivity index (χ4n) is 9.53. The number of amides is 1. The number of ether oxygens (including phenoxy) is 4. The molecule has 0 aromatic carbocycles. The van der Waals surface area contributed by atoms with Crippen LogP contribution >= 0.6 is 0 Å². The zero-order valence-electron chi connectivity index (χ0n) is 41.7. The number of nitrogens with two attached hydrogens (primary N) is 1. The summed E-state index contributed by atoms with van der Waals surface area (Å²) in [6.45, 7) is 6.83. The Morgan fingerprint density at radius 1 is 0.648 bits per heavy atom. The van der Waals surface area contributed by atoms with Crippen LogP contribution < -0.4 is 11.1 Å². The molecule has 2 bridgehead atoms. The van der Waals surface area contributed by atoms with Crippen molar-refractivity contribution in [2.45, 2.75) is 215 Å². The van der Waals surface area contributed by atoms with Crippen LogP contribution in [0.5, 0.6) is 0 Å². The largest absolute Gasteiger partial charge is 0.462 e. The molecule has 0 aromatic rings. The lowest BCUT2D eigenvalue weighted by Crippen LogP contribution is -2.62. The number of carbonyl (C=O) groups excluding carboxylic acids is 2. The zero-order valence-corrected chi connectivity index (χ0v) is 41.7. The van der Waals surface area contributed by atoms with Crippen molar-refractivity contribution < 1.29 is 79.6 Å². The SMILES string of the molecule is C[C@@H]1[C@H](O)[C@@H](C)/C=C/C=C/C=C/C=C/C=C/C=C/C=C/[C@H](O[C@@H]2O[C@H](C)[C@@H](O)[C@H](N)[C@@H]2O)C[C@@H]2O[C@](O)(C[C@@H](O)C[C@@H](O)[C@H](O)CC[C@@H](O)C[C@@H](O)CC(=O)O[C@H]1C)C[C@H](O)[C@H]2C(=O)NC1CCCCC1. The molecule has 19 atom stereocenters. The highest BCUT2D eigenvalue weighted by Crippen LogP contribution is 2.38. The van der Waals surface area contributed by atoms with E-state index in [1.54, 1.807) is 57.2 Å². The highest BCUT2D eigenvalue weighted by molar-refractivity contribution is 5.80. The monoisotopic (exact) mass is 1000 g/mol. The molecular formula is C53H84N2O16. The summed E-state index contributed by atoms with van der Waals surface area (Å²) < 4.78 is 23.9.